The molecular weight excluding hydrogens is 342 g/mol. The maximum absolute atomic E-state index is 12.0. The highest BCUT2D eigenvalue weighted by Crippen LogP contribution is 2.21. The Kier molecular flexibility index (Phi) is 6.83. The van der Waals surface area contributed by atoms with Gasteiger partial charge in [-0.1, -0.05) is 11.6 Å². The van der Waals surface area contributed by atoms with E-state index in [1.54, 1.807) is 30.3 Å². The van der Waals surface area contributed by atoms with E-state index in [2.05, 4.69) is 10.1 Å². The molecule has 132 valence electrons. The quantitative estimate of drug-likeness (QED) is 0.604. The number of aryl methyl sites for hydroxylation is 1. The van der Waals surface area contributed by atoms with Crippen molar-refractivity contribution in [1.29, 1.82) is 0 Å². The van der Waals surface area contributed by atoms with Crippen LogP contribution in [0.25, 0.3) is 0 Å². The van der Waals surface area contributed by atoms with Crippen LogP contribution in [0.4, 0.5) is 0 Å². The molecule has 2 rings (SSSR count). The van der Waals surface area contributed by atoms with Crippen molar-refractivity contribution in [2.24, 2.45) is 0 Å². The smallest absolute Gasteiger partial charge is 0.337 e. The van der Waals surface area contributed by atoms with Crippen LogP contribution in [0.15, 0.2) is 42.5 Å². The number of carbonyl (C=O) groups is 2. The van der Waals surface area contributed by atoms with Crippen molar-refractivity contribution in [3.63, 3.8) is 0 Å². The zero-order valence-electron chi connectivity index (χ0n) is 14.2. The first kappa shape index (κ1) is 18.8. The van der Waals surface area contributed by atoms with E-state index in [-0.39, 0.29) is 5.91 Å². The molecule has 0 saturated carbocycles. The predicted molar refractivity (Wildman–Crippen MR) is 96.4 cm³/mol. The summed E-state index contributed by atoms with van der Waals surface area (Å²) in [7, 11) is 1.32. The maximum atomic E-state index is 12.0. The Morgan fingerprint density at radius 2 is 1.76 bits per heavy atom. The minimum absolute atomic E-state index is 0.195. The molecule has 0 bridgehead atoms. The summed E-state index contributed by atoms with van der Waals surface area (Å²) in [6.07, 6.45) is 0.675. The zero-order chi connectivity index (χ0) is 18.2. The van der Waals surface area contributed by atoms with Crippen molar-refractivity contribution < 1.29 is 19.1 Å². The molecule has 25 heavy (non-hydrogen) atoms. The lowest BCUT2D eigenvalue weighted by Gasteiger charge is -2.10. The van der Waals surface area contributed by atoms with Gasteiger partial charge in [-0.15, -0.1) is 0 Å². The van der Waals surface area contributed by atoms with Gasteiger partial charge in [0.1, 0.15) is 5.75 Å². The number of esters is 1. The molecule has 0 aromatic heterocycles. The molecule has 0 aliphatic carbocycles. The number of hydrogen-bond acceptors (Lipinski definition) is 4. The van der Waals surface area contributed by atoms with Gasteiger partial charge in [-0.25, -0.2) is 4.79 Å². The number of hydrogen-bond donors (Lipinski definition) is 1. The molecule has 0 radical (unpaired) electrons. The summed E-state index contributed by atoms with van der Waals surface area (Å²) in [6.45, 7) is 2.91. The molecule has 0 unspecified atom stereocenters. The Bertz CT molecular complexity index is 744. The number of nitrogens with one attached hydrogen (secondary N) is 1. The van der Waals surface area contributed by atoms with Gasteiger partial charge >= 0.3 is 5.97 Å². The highest BCUT2D eigenvalue weighted by atomic mass is 35.5. The summed E-state index contributed by atoms with van der Waals surface area (Å²) < 4.78 is 10.3. The first-order valence-electron chi connectivity index (χ1n) is 7.87. The summed E-state index contributed by atoms with van der Waals surface area (Å²) >= 11 is 5.90. The Morgan fingerprint density at radius 3 is 2.40 bits per heavy atom. The van der Waals surface area contributed by atoms with Gasteiger partial charge in [0, 0.05) is 17.1 Å². The summed E-state index contributed by atoms with van der Waals surface area (Å²) in [5.41, 5.74) is 1.87. The van der Waals surface area contributed by atoms with Gasteiger partial charge in [0.05, 0.1) is 19.3 Å². The van der Waals surface area contributed by atoms with Gasteiger partial charge in [0.15, 0.2) is 0 Å². The topological polar surface area (TPSA) is 64.6 Å². The Hall–Kier alpha value is -2.53. The summed E-state index contributed by atoms with van der Waals surface area (Å²) in [5.74, 6) is 0.162. The highest BCUT2D eigenvalue weighted by Gasteiger charge is 2.08. The SMILES string of the molecule is COC(=O)c1ccc(C(=O)NCCCOc2ccc(Cl)cc2C)cc1. The van der Waals surface area contributed by atoms with Crippen LogP contribution in [0, 0.1) is 6.92 Å². The molecular formula is C19H20ClNO4. The highest BCUT2D eigenvalue weighted by molar-refractivity contribution is 6.30. The normalized spacial score (nSPS) is 10.2. The van der Waals surface area contributed by atoms with Crippen molar-refractivity contribution in [2.45, 2.75) is 13.3 Å². The van der Waals surface area contributed by atoms with Crippen molar-refractivity contribution >= 4 is 23.5 Å². The van der Waals surface area contributed by atoms with Crippen LogP contribution >= 0.6 is 11.6 Å². The van der Waals surface area contributed by atoms with Crippen LogP contribution in [0.1, 0.15) is 32.7 Å². The number of halogens is 1. The number of rotatable bonds is 7. The van der Waals surface area contributed by atoms with Gasteiger partial charge < -0.3 is 14.8 Å². The molecule has 6 heteroatoms. The number of methoxy groups -OCH3 is 1. The zero-order valence-corrected chi connectivity index (χ0v) is 14.9. The minimum Gasteiger partial charge on any atom is -0.493 e. The molecule has 2 aromatic rings. The molecule has 1 N–H and O–H groups in total. The number of benzene rings is 2. The minimum atomic E-state index is -0.429. The van der Waals surface area contributed by atoms with Gasteiger partial charge in [-0.3, -0.25) is 4.79 Å². The third kappa shape index (κ3) is 5.50. The molecule has 0 aliphatic heterocycles. The van der Waals surface area contributed by atoms with Crippen LogP contribution in [0.2, 0.25) is 5.02 Å². The van der Waals surface area contributed by atoms with Crippen LogP contribution in [-0.2, 0) is 4.74 Å². The van der Waals surface area contributed by atoms with E-state index in [9.17, 15) is 9.59 Å². The first-order chi connectivity index (χ1) is 12.0. The van der Waals surface area contributed by atoms with Crippen molar-refractivity contribution in [3.05, 3.63) is 64.2 Å². The van der Waals surface area contributed by atoms with E-state index >= 15 is 0 Å². The maximum Gasteiger partial charge on any atom is 0.337 e. The Labute approximate surface area is 151 Å². The molecule has 5 nitrogen and oxygen atoms in total. The summed E-state index contributed by atoms with van der Waals surface area (Å²) in [5, 5.41) is 3.49. The van der Waals surface area contributed by atoms with E-state index in [0.29, 0.717) is 35.7 Å². The number of ether oxygens (including phenoxy) is 2. The molecule has 1 amide bonds. The lowest BCUT2D eigenvalue weighted by atomic mass is 10.1. The van der Waals surface area contributed by atoms with Crippen LogP contribution < -0.4 is 10.1 Å². The monoisotopic (exact) mass is 361 g/mol. The van der Waals surface area contributed by atoms with Gasteiger partial charge in [-0.05, 0) is 61.4 Å². The third-order valence-corrected chi connectivity index (χ3v) is 3.80. The summed E-state index contributed by atoms with van der Waals surface area (Å²) in [4.78, 5) is 23.4. The van der Waals surface area contributed by atoms with Crippen molar-refractivity contribution in [2.75, 3.05) is 20.3 Å². The molecule has 0 spiro atoms. The largest absolute Gasteiger partial charge is 0.493 e. The third-order valence-electron chi connectivity index (χ3n) is 3.57. The Morgan fingerprint density at radius 1 is 1.08 bits per heavy atom. The van der Waals surface area contributed by atoms with Gasteiger partial charge in [0.25, 0.3) is 5.91 Å². The Balaban J connectivity index is 1.74. The molecule has 0 saturated heterocycles. The van der Waals surface area contributed by atoms with E-state index in [4.69, 9.17) is 16.3 Å². The average molecular weight is 362 g/mol. The molecule has 0 heterocycles. The summed E-state index contributed by atoms with van der Waals surface area (Å²) in [6, 6.07) is 11.8. The average Bonchev–Trinajstić information content (AvgIpc) is 2.62. The predicted octanol–water partition coefficient (Wildman–Crippen LogP) is 3.63. The van der Waals surface area contributed by atoms with E-state index in [1.807, 2.05) is 19.1 Å². The van der Waals surface area contributed by atoms with Crippen LogP contribution in [-0.4, -0.2) is 32.1 Å². The lowest BCUT2D eigenvalue weighted by molar-refractivity contribution is 0.0600. The van der Waals surface area contributed by atoms with Crippen molar-refractivity contribution in [3.8, 4) is 5.75 Å². The fourth-order valence-electron chi connectivity index (χ4n) is 2.21. The van der Waals surface area contributed by atoms with Crippen LogP contribution in [0.5, 0.6) is 5.75 Å². The van der Waals surface area contributed by atoms with Gasteiger partial charge in [-0.2, -0.15) is 0 Å². The van der Waals surface area contributed by atoms with Gasteiger partial charge in [0.2, 0.25) is 0 Å². The number of amides is 1. The molecule has 2 aromatic carbocycles. The second-order valence-electron chi connectivity index (χ2n) is 5.44. The fraction of sp³-hybridized carbons (Fsp3) is 0.263. The molecule has 0 aliphatic rings. The fourth-order valence-corrected chi connectivity index (χ4v) is 2.44. The standard InChI is InChI=1S/C19H20ClNO4/c1-13-12-16(20)8-9-17(13)25-11-3-10-21-18(22)14-4-6-15(7-5-14)19(23)24-2/h4-9,12H,3,10-11H2,1-2H3,(H,21,22). The van der Waals surface area contributed by atoms with E-state index < -0.39 is 5.97 Å². The number of carbonyl (C=O) groups excluding carboxylic acids is 2. The van der Waals surface area contributed by atoms with E-state index in [0.717, 1.165) is 11.3 Å². The van der Waals surface area contributed by atoms with E-state index in [1.165, 1.54) is 7.11 Å². The second kappa shape index (κ2) is 9.08. The lowest BCUT2D eigenvalue weighted by Crippen LogP contribution is -2.25. The first-order valence-corrected chi connectivity index (χ1v) is 8.24. The molecule has 0 fully saturated rings. The second-order valence-corrected chi connectivity index (χ2v) is 5.87. The van der Waals surface area contributed by atoms with Crippen molar-refractivity contribution in [1.82, 2.24) is 5.32 Å². The van der Waals surface area contributed by atoms with Crippen LogP contribution in [0.3, 0.4) is 0 Å². The molecule has 0 atom stereocenters.